The average Bonchev–Trinajstić information content (AvgIpc) is 2.95. The van der Waals surface area contributed by atoms with Gasteiger partial charge in [-0.3, -0.25) is 0 Å². The van der Waals surface area contributed by atoms with Crippen LogP contribution >= 0.6 is 31.9 Å². The van der Waals surface area contributed by atoms with Crippen LogP contribution in [0.1, 0.15) is 66.6 Å². The van der Waals surface area contributed by atoms with Crippen molar-refractivity contribution >= 4 is 55.4 Å². The van der Waals surface area contributed by atoms with Crippen molar-refractivity contribution in [2.24, 2.45) is 0 Å². The quantitative estimate of drug-likeness (QED) is 0.426. The Labute approximate surface area is 284 Å². The minimum Gasteiger partial charge on any atom is -0.870 e. The van der Waals surface area contributed by atoms with E-state index in [4.69, 9.17) is 19.1 Å². The first-order chi connectivity index (χ1) is 19.6. The van der Waals surface area contributed by atoms with Gasteiger partial charge in [0.05, 0.1) is 5.56 Å². The van der Waals surface area contributed by atoms with E-state index >= 15 is 0 Å². The molecule has 234 valence electrons. The number of carbonyl (C=O) groups excluding carboxylic acids is 2. The number of hydrogen-bond acceptors (Lipinski definition) is 8. The molecule has 2 N–H and O–H groups in total. The third-order valence-corrected chi connectivity index (χ3v) is 8.66. The van der Waals surface area contributed by atoms with E-state index in [1.807, 2.05) is 13.0 Å². The van der Waals surface area contributed by atoms with Gasteiger partial charge in [0.2, 0.25) is 0 Å². The van der Waals surface area contributed by atoms with Crippen LogP contribution in [0, 0.1) is 20.8 Å². The van der Waals surface area contributed by atoms with Crippen LogP contribution in [0.2, 0.25) is 0 Å². The Morgan fingerprint density at radius 2 is 1.19 bits per heavy atom. The number of hydrogen-bond donors (Lipinski definition) is 1. The zero-order valence-corrected chi connectivity index (χ0v) is 29.3. The van der Waals surface area contributed by atoms with Crippen molar-refractivity contribution in [3.8, 4) is 0 Å². The second-order valence-corrected chi connectivity index (χ2v) is 11.9. The molecule has 0 spiro atoms. The predicted molar refractivity (Wildman–Crippen MR) is 170 cm³/mol. The first-order valence-electron chi connectivity index (χ1n) is 14.1. The van der Waals surface area contributed by atoms with Crippen LogP contribution in [-0.2, 0) is 19.1 Å². The molecule has 0 aliphatic carbocycles. The Hall–Kier alpha value is -1.67. The second-order valence-electron chi connectivity index (χ2n) is 10.1. The number of halogens is 2. The molecule has 0 aromatic heterocycles. The number of carboxylic acid groups (broad SMARTS) is 1. The number of rotatable bonds is 7. The molecule has 2 aromatic carbocycles. The number of aryl methyl sites for hydroxylation is 1. The van der Waals surface area contributed by atoms with Gasteiger partial charge in [0.25, 0.3) is 0 Å². The van der Waals surface area contributed by atoms with Crippen LogP contribution in [0.3, 0.4) is 0 Å². The summed E-state index contributed by atoms with van der Waals surface area (Å²) in [4.78, 5) is 32.4. The molecule has 2 aliphatic rings. The Bertz CT molecular complexity index is 1180. The summed E-state index contributed by atoms with van der Waals surface area (Å²) in [5.74, 6) is -0.881. The smallest absolute Gasteiger partial charge is 0.870 e. The van der Waals surface area contributed by atoms with Crippen molar-refractivity contribution in [2.75, 3.05) is 49.3 Å². The summed E-state index contributed by atoms with van der Waals surface area (Å²) in [6, 6.07) is 9.16. The summed E-state index contributed by atoms with van der Waals surface area (Å²) in [6.45, 7) is 15.9. The number of carboxylic acids is 1. The molecule has 0 saturated carbocycles. The average molecular weight is 722 g/mol. The van der Waals surface area contributed by atoms with Gasteiger partial charge in [-0.1, -0.05) is 31.9 Å². The number of nitrogens with zero attached hydrogens (tertiary/aromatic N) is 2. The molecule has 12 heteroatoms. The van der Waals surface area contributed by atoms with Gasteiger partial charge in [-0.25, -0.2) is 4.79 Å². The molecule has 9 nitrogen and oxygen atoms in total. The van der Waals surface area contributed by atoms with E-state index in [0.717, 1.165) is 80.9 Å². The van der Waals surface area contributed by atoms with E-state index in [1.165, 1.54) is 21.3 Å². The van der Waals surface area contributed by atoms with E-state index in [-0.39, 0.29) is 30.5 Å². The van der Waals surface area contributed by atoms with Gasteiger partial charge in [0.15, 0.2) is 0 Å². The zero-order chi connectivity index (χ0) is 30.5. The van der Waals surface area contributed by atoms with Crippen LogP contribution in [-0.4, -0.2) is 74.3 Å². The van der Waals surface area contributed by atoms with Gasteiger partial charge >= 0.3 is 31.0 Å². The monoisotopic (exact) mass is 720 g/mol. The molecule has 0 atom stereocenters. The summed E-state index contributed by atoms with van der Waals surface area (Å²) in [7, 11) is 0. The minimum atomic E-state index is -0.881. The molecule has 43 heavy (non-hydrogen) atoms. The third kappa shape index (κ3) is 12.0. The first-order valence-corrected chi connectivity index (χ1v) is 15.7. The van der Waals surface area contributed by atoms with E-state index < -0.39 is 5.97 Å². The Morgan fingerprint density at radius 1 is 0.814 bits per heavy atom. The van der Waals surface area contributed by atoms with Gasteiger partial charge in [0, 0.05) is 71.9 Å². The maximum Gasteiger partial charge on any atom is 1.00 e. The van der Waals surface area contributed by atoms with Gasteiger partial charge in [-0.2, -0.15) is 9.59 Å². The number of anilines is 2. The fourth-order valence-electron chi connectivity index (χ4n) is 5.53. The third-order valence-electron chi connectivity index (χ3n) is 7.74. The second kappa shape index (κ2) is 21.1. The van der Waals surface area contributed by atoms with Gasteiger partial charge in [-0.05, 0) is 101 Å². The molecule has 4 rings (SSSR count). The standard InChI is InChI=1S/C15H20BrNO3.C15H22BrNO.CO2.Li.H2O/c1-3-17(12-4-6-20-7-5-12)14-9-11(16)8-13(10(14)2)15(18)19;1-4-17(14-5-7-18-8-6-14)15-10-13(16)9-11(2)12(15)3;2-1-3;;/h8-9,12H,3-7H2,1-2H3,(H,18,19);9-10,14H,4-8H2,1-3H3;;;1H2/q;;;+1;/p-1. The van der Waals surface area contributed by atoms with Gasteiger partial charge < -0.3 is 29.9 Å². The van der Waals surface area contributed by atoms with E-state index in [1.54, 1.807) is 6.07 Å². The van der Waals surface area contributed by atoms with Crippen molar-refractivity contribution in [3.63, 3.8) is 0 Å². The van der Waals surface area contributed by atoms with Crippen LogP contribution in [0.4, 0.5) is 11.4 Å². The fourth-order valence-corrected chi connectivity index (χ4v) is 6.53. The molecule has 2 fully saturated rings. The minimum absolute atomic E-state index is 0. The van der Waals surface area contributed by atoms with Crippen molar-refractivity contribution in [1.82, 2.24) is 0 Å². The molecule has 2 saturated heterocycles. The fraction of sp³-hybridized carbons (Fsp3) is 0.548. The maximum absolute atomic E-state index is 11.4. The summed E-state index contributed by atoms with van der Waals surface area (Å²) in [6.07, 6.45) is 4.50. The molecule has 0 radical (unpaired) electrons. The SMILES string of the molecule is CCN(c1cc(Br)cc(C(=O)O)c1C)C1CCOCC1.CCN(c1cc(Br)cc(C)c1C)C1CCOCC1.O=C=O.[Li+].[OH-]. The Morgan fingerprint density at radius 3 is 1.56 bits per heavy atom. The van der Waals surface area contributed by atoms with Crippen LogP contribution in [0.25, 0.3) is 0 Å². The van der Waals surface area contributed by atoms with Crippen molar-refractivity contribution in [1.29, 1.82) is 0 Å². The summed E-state index contributed by atoms with van der Waals surface area (Å²) in [5, 5.41) is 9.32. The summed E-state index contributed by atoms with van der Waals surface area (Å²) in [5.41, 5.74) is 6.31. The number of ether oxygens (including phenoxy) is 2. The zero-order valence-electron chi connectivity index (χ0n) is 26.1. The number of carbonyl (C=O) groups is 1. The molecule has 0 amide bonds. The van der Waals surface area contributed by atoms with Crippen LogP contribution < -0.4 is 28.7 Å². The molecule has 0 unspecified atom stereocenters. The van der Waals surface area contributed by atoms with E-state index in [2.05, 4.69) is 81.5 Å². The molecule has 2 aromatic rings. The summed E-state index contributed by atoms with van der Waals surface area (Å²) < 4.78 is 12.9. The van der Waals surface area contributed by atoms with Crippen molar-refractivity contribution in [2.45, 2.75) is 72.4 Å². The van der Waals surface area contributed by atoms with Gasteiger partial charge in [0.1, 0.15) is 0 Å². The van der Waals surface area contributed by atoms with Gasteiger partial charge in [-0.15, -0.1) is 0 Å². The normalized spacial score (nSPS) is 14.8. The Kier molecular flexibility index (Phi) is 20.3. The Balaban J connectivity index is 0.000000724. The molecular weight excluding hydrogens is 679 g/mol. The molecular formula is C31H43Br2LiN2O7. The first kappa shape index (κ1) is 41.3. The molecule has 0 bridgehead atoms. The topological polar surface area (TPSA) is 126 Å². The van der Waals surface area contributed by atoms with Crippen LogP contribution in [0.5, 0.6) is 0 Å². The number of benzene rings is 2. The van der Waals surface area contributed by atoms with Crippen molar-refractivity contribution in [3.05, 3.63) is 55.5 Å². The molecule has 2 heterocycles. The summed E-state index contributed by atoms with van der Waals surface area (Å²) >= 11 is 7.04. The largest absolute Gasteiger partial charge is 1.00 e. The van der Waals surface area contributed by atoms with E-state index in [0.29, 0.717) is 17.6 Å². The van der Waals surface area contributed by atoms with Crippen molar-refractivity contribution < 1.29 is 53.3 Å². The molecule has 2 aliphatic heterocycles. The van der Waals surface area contributed by atoms with E-state index in [9.17, 15) is 9.90 Å². The maximum atomic E-state index is 11.4. The number of aromatic carboxylic acids is 1. The predicted octanol–water partition coefficient (Wildman–Crippen LogP) is 3.78. The van der Waals surface area contributed by atoms with Crippen LogP contribution in [0.15, 0.2) is 33.2 Å².